The number of imidazole rings is 1. The van der Waals surface area contributed by atoms with E-state index < -0.39 is 10.0 Å². The number of halogens is 1. The Balaban J connectivity index is 2.93. The molecule has 1 heterocycles. The van der Waals surface area contributed by atoms with Gasteiger partial charge in [0.25, 0.3) is 10.0 Å². The quantitative estimate of drug-likeness (QED) is 0.811. The largest absolute Gasteiger partial charge is 0.332 e. The lowest BCUT2D eigenvalue weighted by atomic mass is 10.5. The van der Waals surface area contributed by atoms with E-state index in [4.69, 9.17) is 11.6 Å². The monoisotopic (exact) mass is 251 g/mol. The molecule has 15 heavy (non-hydrogen) atoms. The first-order valence-corrected chi connectivity index (χ1v) is 6.33. The maximum Gasteiger partial charge on any atom is 0.259 e. The predicted octanol–water partition coefficient (Wildman–Crippen LogP) is 0.966. The van der Waals surface area contributed by atoms with E-state index >= 15 is 0 Å². The van der Waals surface area contributed by atoms with Crippen LogP contribution in [0.25, 0.3) is 0 Å². The van der Waals surface area contributed by atoms with Crippen molar-refractivity contribution >= 4 is 21.6 Å². The molecule has 1 rings (SSSR count). The first-order chi connectivity index (χ1) is 6.84. The normalized spacial score (nSPS) is 14.5. The van der Waals surface area contributed by atoms with Crippen LogP contribution in [0.4, 0.5) is 0 Å². The summed E-state index contributed by atoms with van der Waals surface area (Å²) in [5, 5.41) is -0.131. The van der Waals surface area contributed by atoms with Crippen molar-refractivity contribution in [3.63, 3.8) is 0 Å². The second-order valence-corrected chi connectivity index (χ2v) is 6.16. The summed E-state index contributed by atoms with van der Waals surface area (Å²) in [4.78, 5) is 6.54. The number of alkyl halides is 1. The number of H-pyrrole nitrogens is 1. The van der Waals surface area contributed by atoms with Crippen molar-refractivity contribution in [2.45, 2.75) is 24.3 Å². The number of aromatic nitrogens is 2. The summed E-state index contributed by atoms with van der Waals surface area (Å²) in [6.07, 6.45) is 1.31. The molecule has 0 aliphatic heterocycles. The Morgan fingerprint density at radius 2 is 2.27 bits per heavy atom. The van der Waals surface area contributed by atoms with Gasteiger partial charge in [0.2, 0.25) is 0 Å². The topological polar surface area (TPSA) is 66.1 Å². The standard InChI is InChI=1S/C8H14ClN3O2S/c1-6(9)5-12(3)15(13,14)8-4-10-7(2)11-8/h4,6H,5H2,1-3H3,(H,10,11). The van der Waals surface area contributed by atoms with Gasteiger partial charge in [0.1, 0.15) is 5.82 Å². The first kappa shape index (κ1) is 12.5. The van der Waals surface area contributed by atoms with Crippen LogP contribution in [0.3, 0.4) is 0 Å². The number of nitrogens with zero attached hydrogens (tertiary/aromatic N) is 2. The van der Waals surface area contributed by atoms with Crippen LogP contribution in [-0.4, -0.2) is 41.7 Å². The molecule has 1 unspecified atom stereocenters. The molecule has 0 spiro atoms. The molecular formula is C8H14ClN3O2S. The molecule has 0 aliphatic carbocycles. The number of rotatable bonds is 4. The van der Waals surface area contributed by atoms with Gasteiger partial charge in [-0.2, -0.15) is 4.31 Å². The third kappa shape index (κ3) is 2.93. The van der Waals surface area contributed by atoms with Gasteiger partial charge < -0.3 is 4.98 Å². The average molecular weight is 252 g/mol. The van der Waals surface area contributed by atoms with Crippen LogP contribution in [0.1, 0.15) is 12.7 Å². The lowest BCUT2D eigenvalue weighted by Gasteiger charge is -2.16. The minimum atomic E-state index is -3.48. The summed E-state index contributed by atoms with van der Waals surface area (Å²) in [7, 11) is -1.99. The Morgan fingerprint density at radius 3 is 2.67 bits per heavy atom. The van der Waals surface area contributed by atoms with Crippen LogP contribution in [0.2, 0.25) is 0 Å². The van der Waals surface area contributed by atoms with Gasteiger partial charge in [-0.15, -0.1) is 11.6 Å². The van der Waals surface area contributed by atoms with E-state index in [0.717, 1.165) is 0 Å². The van der Waals surface area contributed by atoms with Gasteiger partial charge in [0.15, 0.2) is 5.03 Å². The SMILES string of the molecule is Cc1ncc(S(=O)(=O)N(C)CC(C)Cl)[nH]1. The second kappa shape index (κ2) is 4.51. The van der Waals surface area contributed by atoms with Crippen molar-refractivity contribution in [3.8, 4) is 0 Å². The van der Waals surface area contributed by atoms with E-state index in [1.165, 1.54) is 17.5 Å². The Labute approximate surface area is 94.5 Å². The molecule has 0 saturated carbocycles. The van der Waals surface area contributed by atoms with Gasteiger partial charge >= 0.3 is 0 Å². The molecule has 0 aromatic carbocycles. The zero-order chi connectivity index (χ0) is 11.6. The van der Waals surface area contributed by atoms with Gasteiger partial charge in [-0.3, -0.25) is 0 Å². The zero-order valence-electron chi connectivity index (χ0n) is 8.86. The molecule has 0 bridgehead atoms. The van der Waals surface area contributed by atoms with Gasteiger partial charge in [-0.1, -0.05) is 0 Å². The van der Waals surface area contributed by atoms with Crippen molar-refractivity contribution in [1.82, 2.24) is 14.3 Å². The Hall–Kier alpha value is -0.590. The van der Waals surface area contributed by atoms with Crippen LogP contribution in [0.15, 0.2) is 11.2 Å². The molecule has 5 nitrogen and oxygen atoms in total. The average Bonchev–Trinajstić information content (AvgIpc) is 2.50. The smallest absolute Gasteiger partial charge is 0.259 e. The van der Waals surface area contributed by atoms with E-state index in [0.29, 0.717) is 5.82 Å². The number of hydrogen-bond donors (Lipinski definition) is 1. The highest BCUT2D eigenvalue weighted by Gasteiger charge is 2.23. The van der Waals surface area contributed by atoms with E-state index in [9.17, 15) is 8.42 Å². The number of nitrogens with one attached hydrogen (secondary N) is 1. The molecule has 1 atom stereocenters. The van der Waals surface area contributed by atoms with Crippen LogP contribution in [0.5, 0.6) is 0 Å². The highest BCUT2D eigenvalue weighted by Crippen LogP contribution is 2.12. The predicted molar refractivity (Wildman–Crippen MR) is 58.5 cm³/mol. The Morgan fingerprint density at radius 1 is 1.67 bits per heavy atom. The molecule has 1 aromatic rings. The Bertz CT molecular complexity index is 427. The number of hydrogen-bond acceptors (Lipinski definition) is 3. The number of aryl methyl sites for hydroxylation is 1. The first-order valence-electron chi connectivity index (χ1n) is 4.46. The molecule has 0 aliphatic rings. The summed E-state index contributed by atoms with van der Waals surface area (Å²) in [5.74, 6) is 0.570. The molecular weight excluding hydrogens is 238 g/mol. The van der Waals surface area contributed by atoms with Crippen LogP contribution in [0, 0.1) is 6.92 Å². The number of sulfonamides is 1. The van der Waals surface area contributed by atoms with Crippen molar-refractivity contribution < 1.29 is 8.42 Å². The molecule has 0 fully saturated rings. The van der Waals surface area contributed by atoms with E-state index in [2.05, 4.69) is 9.97 Å². The molecule has 0 saturated heterocycles. The van der Waals surface area contributed by atoms with E-state index in [1.54, 1.807) is 13.8 Å². The third-order valence-electron chi connectivity index (χ3n) is 1.88. The molecule has 7 heteroatoms. The molecule has 0 radical (unpaired) electrons. The maximum atomic E-state index is 11.9. The minimum Gasteiger partial charge on any atom is -0.332 e. The molecule has 86 valence electrons. The fourth-order valence-corrected chi connectivity index (χ4v) is 2.66. The second-order valence-electron chi connectivity index (χ2n) is 3.40. The van der Waals surface area contributed by atoms with Gasteiger partial charge in [0, 0.05) is 19.0 Å². The highest BCUT2D eigenvalue weighted by molar-refractivity contribution is 7.89. The third-order valence-corrected chi connectivity index (χ3v) is 3.75. The minimum absolute atomic E-state index is 0.0971. The van der Waals surface area contributed by atoms with Gasteiger partial charge in [-0.05, 0) is 13.8 Å². The molecule has 1 aromatic heterocycles. The molecule has 0 amide bonds. The summed E-state index contributed by atoms with van der Waals surface area (Å²) >= 11 is 5.74. The van der Waals surface area contributed by atoms with Crippen molar-refractivity contribution in [1.29, 1.82) is 0 Å². The fraction of sp³-hybridized carbons (Fsp3) is 0.625. The highest BCUT2D eigenvalue weighted by atomic mass is 35.5. The molecule has 1 N–H and O–H groups in total. The van der Waals surface area contributed by atoms with Gasteiger partial charge in [-0.25, -0.2) is 13.4 Å². The summed E-state index contributed by atoms with van der Waals surface area (Å²) in [6.45, 7) is 3.71. The van der Waals surface area contributed by atoms with E-state index in [1.807, 2.05) is 0 Å². The van der Waals surface area contributed by atoms with Crippen LogP contribution in [-0.2, 0) is 10.0 Å². The lowest BCUT2D eigenvalue weighted by Crippen LogP contribution is -2.31. The summed E-state index contributed by atoms with van der Waals surface area (Å²) in [5.41, 5.74) is 0. The summed E-state index contributed by atoms with van der Waals surface area (Å²) in [6, 6.07) is 0. The lowest BCUT2D eigenvalue weighted by molar-refractivity contribution is 0.468. The van der Waals surface area contributed by atoms with Gasteiger partial charge in [0.05, 0.1) is 6.20 Å². The fourth-order valence-electron chi connectivity index (χ4n) is 1.15. The van der Waals surface area contributed by atoms with Crippen molar-refractivity contribution in [2.75, 3.05) is 13.6 Å². The number of aromatic amines is 1. The van der Waals surface area contributed by atoms with Crippen LogP contribution >= 0.6 is 11.6 Å². The maximum absolute atomic E-state index is 11.9. The van der Waals surface area contributed by atoms with E-state index in [-0.39, 0.29) is 16.9 Å². The summed E-state index contributed by atoms with van der Waals surface area (Å²) < 4.78 is 25.0. The Kier molecular flexibility index (Phi) is 3.75. The van der Waals surface area contributed by atoms with Crippen molar-refractivity contribution in [2.24, 2.45) is 0 Å². The zero-order valence-corrected chi connectivity index (χ0v) is 10.4. The van der Waals surface area contributed by atoms with Crippen molar-refractivity contribution in [3.05, 3.63) is 12.0 Å². The van der Waals surface area contributed by atoms with Crippen LogP contribution < -0.4 is 0 Å².